The van der Waals surface area contributed by atoms with E-state index < -0.39 is 12.3 Å². The maximum absolute atomic E-state index is 11.5. The first-order valence-electron chi connectivity index (χ1n) is 8.16. The van der Waals surface area contributed by atoms with Gasteiger partial charge in [-0.05, 0) is 41.5 Å². The van der Waals surface area contributed by atoms with Gasteiger partial charge in [-0.2, -0.15) is 0 Å². The number of anilines is 2. The molecular formula is C20H17N3O3. The number of carbonyl (C=O) groups excluding carboxylic acids is 1. The smallest absolute Gasteiger partial charge is 0.274 e. The van der Waals surface area contributed by atoms with E-state index in [0.29, 0.717) is 17.0 Å². The van der Waals surface area contributed by atoms with E-state index >= 15 is 0 Å². The number of ether oxygens (including phenoxy) is 1. The van der Waals surface area contributed by atoms with Crippen molar-refractivity contribution < 1.29 is 14.7 Å². The number of amides is 1. The molecule has 4 rings (SSSR count). The van der Waals surface area contributed by atoms with Crippen molar-refractivity contribution in [1.29, 1.82) is 0 Å². The molecule has 26 heavy (non-hydrogen) atoms. The lowest BCUT2D eigenvalue weighted by Crippen LogP contribution is -2.29. The molecule has 1 heterocycles. The van der Waals surface area contributed by atoms with E-state index in [2.05, 4.69) is 28.8 Å². The molecule has 0 bridgehead atoms. The fourth-order valence-electron chi connectivity index (χ4n) is 2.89. The average Bonchev–Trinajstić information content (AvgIpc) is 3.09. The number of fused-ring (bicyclic) bond motifs is 1. The van der Waals surface area contributed by atoms with Gasteiger partial charge in [-0.1, -0.05) is 42.5 Å². The summed E-state index contributed by atoms with van der Waals surface area (Å²) in [5.41, 5.74) is 5.80. The van der Waals surface area contributed by atoms with Crippen LogP contribution in [0.15, 0.2) is 72.8 Å². The summed E-state index contributed by atoms with van der Waals surface area (Å²) in [5, 5.41) is 15.2. The maximum atomic E-state index is 11.5. The molecule has 0 aliphatic carbocycles. The van der Waals surface area contributed by atoms with Crippen LogP contribution in [0.4, 0.5) is 11.4 Å². The van der Waals surface area contributed by atoms with Crippen LogP contribution in [0.3, 0.4) is 0 Å². The third-order valence-corrected chi connectivity index (χ3v) is 4.14. The van der Waals surface area contributed by atoms with Gasteiger partial charge in [0.2, 0.25) is 6.35 Å². The molecule has 3 aromatic carbocycles. The zero-order valence-electron chi connectivity index (χ0n) is 13.8. The van der Waals surface area contributed by atoms with Crippen LogP contribution in [-0.4, -0.2) is 17.5 Å². The predicted molar refractivity (Wildman–Crippen MR) is 99.2 cm³/mol. The minimum Gasteiger partial charge on any atom is -0.450 e. The standard InChI is InChI=1S/C20H17N3O3/c24-19(23-25)15-9-10-18-17(12-15)22-20(26-18)21-16-8-4-7-14(11-16)13-5-2-1-3-6-13/h1-12,20-22,25H,(H,23,24). The van der Waals surface area contributed by atoms with Gasteiger partial charge in [0.1, 0.15) is 5.75 Å². The summed E-state index contributed by atoms with van der Waals surface area (Å²) in [4.78, 5) is 11.5. The Morgan fingerprint density at radius 2 is 1.77 bits per heavy atom. The molecule has 0 radical (unpaired) electrons. The Balaban J connectivity index is 1.50. The van der Waals surface area contributed by atoms with E-state index in [4.69, 9.17) is 9.94 Å². The highest BCUT2D eigenvalue weighted by Crippen LogP contribution is 2.33. The second-order valence-electron chi connectivity index (χ2n) is 5.89. The minimum atomic E-state index is -0.568. The minimum absolute atomic E-state index is 0.342. The van der Waals surface area contributed by atoms with Crippen LogP contribution in [0, 0.1) is 0 Å². The van der Waals surface area contributed by atoms with E-state index in [1.54, 1.807) is 23.7 Å². The van der Waals surface area contributed by atoms with Crippen LogP contribution in [0.2, 0.25) is 0 Å². The third kappa shape index (κ3) is 3.18. The molecule has 3 aromatic rings. The number of hydroxylamine groups is 1. The molecule has 1 amide bonds. The van der Waals surface area contributed by atoms with Crippen LogP contribution in [0.5, 0.6) is 5.75 Å². The largest absolute Gasteiger partial charge is 0.450 e. The summed E-state index contributed by atoms with van der Waals surface area (Å²) in [6.07, 6.45) is -0.455. The van der Waals surface area contributed by atoms with Gasteiger partial charge in [0.05, 0.1) is 5.69 Å². The van der Waals surface area contributed by atoms with Gasteiger partial charge in [-0.15, -0.1) is 0 Å². The van der Waals surface area contributed by atoms with Crippen molar-refractivity contribution in [2.24, 2.45) is 0 Å². The van der Waals surface area contributed by atoms with Gasteiger partial charge in [0, 0.05) is 11.3 Å². The van der Waals surface area contributed by atoms with E-state index in [-0.39, 0.29) is 0 Å². The van der Waals surface area contributed by atoms with Crippen LogP contribution in [0.25, 0.3) is 11.1 Å². The third-order valence-electron chi connectivity index (χ3n) is 4.14. The number of hydrogen-bond acceptors (Lipinski definition) is 5. The summed E-state index contributed by atoms with van der Waals surface area (Å²) in [6.45, 7) is 0. The molecular weight excluding hydrogens is 330 g/mol. The fourth-order valence-corrected chi connectivity index (χ4v) is 2.89. The normalized spacial score (nSPS) is 14.7. The molecule has 6 nitrogen and oxygen atoms in total. The quantitative estimate of drug-likeness (QED) is 0.428. The molecule has 4 N–H and O–H groups in total. The number of carbonyl (C=O) groups is 1. The zero-order valence-corrected chi connectivity index (χ0v) is 13.8. The molecule has 0 aromatic heterocycles. The molecule has 1 aliphatic heterocycles. The Hall–Kier alpha value is -3.51. The van der Waals surface area contributed by atoms with Crippen molar-refractivity contribution in [3.05, 3.63) is 78.4 Å². The summed E-state index contributed by atoms with van der Waals surface area (Å²) in [5.74, 6) is 0.0674. The number of benzene rings is 3. The van der Waals surface area contributed by atoms with Crippen LogP contribution < -0.4 is 20.9 Å². The predicted octanol–water partition coefficient (Wildman–Crippen LogP) is 3.67. The van der Waals surface area contributed by atoms with Crippen LogP contribution in [-0.2, 0) is 0 Å². The lowest BCUT2D eigenvalue weighted by atomic mass is 10.1. The molecule has 130 valence electrons. The van der Waals surface area contributed by atoms with Crippen molar-refractivity contribution in [3.63, 3.8) is 0 Å². The molecule has 0 spiro atoms. The Morgan fingerprint density at radius 1 is 0.962 bits per heavy atom. The Bertz CT molecular complexity index is 944. The van der Waals surface area contributed by atoms with E-state index in [0.717, 1.165) is 16.8 Å². The lowest BCUT2D eigenvalue weighted by molar-refractivity contribution is 0.0706. The zero-order chi connectivity index (χ0) is 17.9. The van der Waals surface area contributed by atoms with Crippen molar-refractivity contribution in [2.45, 2.75) is 6.35 Å². The second-order valence-corrected chi connectivity index (χ2v) is 5.89. The van der Waals surface area contributed by atoms with Gasteiger partial charge in [0.15, 0.2) is 0 Å². The molecule has 0 saturated carbocycles. The van der Waals surface area contributed by atoms with Crippen molar-refractivity contribution in [2.75, 3.05) is 10.6 Å². The van der Waals surface area contributed by atoms with Crippen molar-refractivity contribution in [3.8, 4) is 16.9 Å². The van der Waals surface area contributed by atoms with Gasteiger partial charge in [0.25, 0.3) is 5.91 Å². The van der Waals surface area contributed by atoms with Gasteiger partial charge >= 0.3 is 0 Å². The van der Waals surface area contributed by atoms with Crippen molar-refractivity contribution in [1.82, 2.24) is 5.48 Å². The lowest BCUT2D eigenvalue weighted by Gasteiger charge is -2.15. The van der Waals surface area contributed by atoms with Crippen LogP contribution in [0.1, 0.15) is 10.4 Å². The highest BCUT2D eigenvalue weighted by molar-refractivity contribution is 5.95. The fraction of sp³-hybridized carbons (Fsp3) is 0.0500. The topological polar surface area (TPSA) is 82.6 Å². The Morgan fingerprint density at radius 3 is 2.58 bits per heavy atom. The molecule has 1 aliphatic rings. The Kier molecular flexibility index (Phi) is 4.17. The van der Waals surface area contributed by atoms with E-state index in [1.165, 1.54) is 0 Å². The first-order chi connectivity index (χ1) is 12.7. The summed E-state index contributed by atoms with van der Waals surface area (Å²) in [6, 6.07) is 23.1. The molecule has 0 saturated heterocycles. The first kappa shape index (κ1) is 16.0. The second kappa shape index (κ2) is 6.78. The summed E-state index contributed by atoms with van der Waals surface area (Å²) >= 11 is 0. The molecule has 0 fully saturated rings. The first-order valence-corrected chi connectivity index (χ1v) is 8.16. The number of nitrogens with one attached hydrogen (secondary N) is 3. The molecule has 1 atom stereocenters. The SMILES string of the molecule is O=C(NO)c1ccc2c(c1)NC(Nc1cccc(-c3ccccc3)c1)O2. The molecule has 6 heteroatoms. The highest BCUT2D eigenvalue weighted by atomic mass is 16.5. The maximum Gasteiger partial charge on any atom is 0.274 e. The van der Waals surface area contributed by atoms with E-state index in [9.17, 15) is 4.79 Å². The average molecular weight is 347 g/mol. The van der Waals surface area contributed by atoms with Gasteiger partial charge < -0.3 is 15.4 Å². The molecule has 1 unspecified atom stereocenters. The highest BCUT2D eigenvalue weighted by Gasteiger charge is 2.22. The summed E-state index contributed by atoms with van der Waals surface area (Å²) in [7, 11) is 0. The van der Waals surface area contributed by atoms with Gasteiger partial charge in [-0.3, -0.25) is 10.0 Å². The Labute approximate surface area is 150 Å². The monoisotopic (exact) mass is 347 g/mol. The number of rotatable bonds is 4. The number of hydrogen-bond donors (Lipinski definition) is 4. The summed E-state index contributed by atoms with van der Waals surface area (Å²) < 4.78 is 5.81. The van der Waals surface area contributed by atoms with Crippen LogP contribution >= 0.6 is 0 Å². The van der Waals surface area contributed by atoms with E-state index in [1.807, 2.05) is 36.4 Å². The van der Waals surface area contributed by atoms with Crippen molar-refractivity contribution >= 4 is 17.3 Å². The van der Waals surface area contributed by atoms with Gasteiger partial charge in [-0.25, -0.2) is 5.48 Å².